The van der Waals surface area contributed by atoms with E-state index in [1.165, 1.54) is 0 Å². The van der Waals surface area contributed by atoms with Gasteiger partial charge in [-0.25, -0.2) is 9.97 Å². The van der Waals surface area contributed by atoms with E-state index < -0.39 is 0 Å². The molecule has 2 heterocycles. The first kappa shape index (κ1) is 13.1. The second-order valence-corrected chi connectivity index (χ2v) is 4.09. The van der Waals surface area contributed by atoms with Crippen LogP contribution in [0, 0.1) is 13.8 Å². The number of carbonyl (C=O) groups excluding carboxylic acids is 1. The zero-order valence-corrected chi connectivity index (χ0v) is 11.2. The molecule has 100 valence electrons. The molecule has 19 heavy (non-hydrogen) atoms. The Balaban J connectivity index is 2.00. The predicted octanol–water partition coefficient (Wildman–Crippen LogP) is 1.66. The first-order valence-electron chi connectivity index (χ1n) is 5.96. The van der Waals surface area contributed by atoms with E-state index in [9.17, 15) is 4.79 Å². The van der Waals surface area contributed by atoms with Crippen LogP contribution in [0.4, 0.5) is 5.82 Å². The minimum Gasteiger partial charge on any atom is -0.444 e. The van der Waals surface area contributed by atoms with Crippen LogP contribution in [-0.4, -0.2) is 22.9 Å². The van der Waals surface area contributed by atoms with Gasteiger partial charge in [0.25, 0.3) is 5.91 Å². The standard InChI is InChI=1S/C13H16N4O2/c1-8-9(2)19-12(16-8)7-15-13(18)10-5-4-6-11(14-3)17-10/h4-6H,7H2,1-3H3,(H,14,17)(H,15,18). The van der Waals surface area contributed by atoms with E-state index in [4.69, 9.17) is 4.42 Å². The van der Waals surface area contributed by atoms with Gasteiger partial charge in [0.05, 0.1) is 12.2 Å². The maximum atomic E-state index is 11.9. The van der Waals surface area contributed by atoms with E-state index in [-0.39, 0.29) is 12.5 Å². The highest BCUT2D eigenvalue weighted by Crippen LogP contribution is 2.08. The van der Waals surface area contributed by atoms with Gasteiger partial charge in [-0.05, 0) is 26.0 Å². The molecule has 0 radical (unpaired) electrons. The largest absolute Gasteiger partial charge is 0.444 e. The number of anilines is 1. The predicted molar refractivity (Wildman–Crippen MR) is 70.9 cm³/mol. The summed E-state index contributed by atoms with van der Waals surface area (Å²) in [7, 11) is 1.75. The van der Waals surface area contributed by atoms with Gasteiger partial charge < -0.3 is 15.1 Å². The molecule has 2 aromatic rings. The quantitative estimate of drug-likeness (QED) is 0.873. The number of nitrogens with zero attached hydrogens (tertiary/aromatic N) is 2. The molecule has 1 amide bonds. The van der Waals surface area contributed by atoms with E-state index in [1.807, 2.05) is 13.8 Å². The average molecular weight is 260 g/mol. The van der Waals surface area contributed by atoms with Gasteiger partial charge in [0, 0.05) is 7.05 Å². The minimum atomic E-state index is -0.259. The van der Waals surface area contributed by atoms with Crippen molar-refractivity contribution < 1.29 is 9.21 Å². The van der Waals surface area contributed by atoms with Gasteiger partial charge in [-0.3, -0.25) is 4.79 Å². The molecule has 0 aliphatic heterocycles. The molecule has 0 aromatic carbocycles. The van der Waals surface area contributed by atoms with Crippen molar-refractivity contribution in [3.05, 3.63) is 41.2 Å². The first-order valence-corrected chi connectivity index (χ1v) is 5.96. The Morgan fingerprint density at radius 2 is 2.11 bits per heavy atom. The molecule has 0 unspecified atom stereocenters. The van der Waals surface area contributed by atoms with Gasteiger partial charge >= 0.3 is 0 Å². The Hall–Kier alpha value is -2.37. The lowest BCUT2D eigenvalue weighted by atomic mass is 10.3. The molecule has 0 atom stereocenters. The topological polar surface area (TPSA) is 80.0 Å². The van der Waals surface area contributed by atoms with Crippen LogP contribution < -0.4 is 10.6 Å². The molecule has 2 aromatic heterocycles. The van der Waals surface area contributed by atoms with Crippen LogP contribution in [0.15, 0.2) is 22.6 Å². The molecule has 2 rings (SSSR count). The Bertz CT molecular complexity index is 573. The van der Waals surface area contributed by atoms with Crippen molar-refractivity contribution in [3.63, 3.8) is 0 Å². The van der Waals surface area contributed by atoms with Crippen molar-refractivity contribution in [2.45, 2.75) is 20.4 Å². The van der Waals surface area contributed by atoms with Gasteiger partial charge in [-0.2, -0.15) is 0 Å². The van der Waals surface area contributed by atoms with Gasteiger partial charge in [-0.1, -0.05) is 6.07 Å². The second kappa shape index (κ2) is 5.51. The van der Waals surface area contributed by atoms with E-state index >= 15 is 0 Å². The summed E-state index contributed by atoms with van der Waals surface area (Å²) in [6, 6.07) is 5.22. The number of carbonyl (C=O) groups is 1. The molecule has 6 heteroatoms. The zero-order valence-electron chi connectivity index (χ0n) is 11.2. The van der Waals surface area contributed by atoms with Gasteiger partial charge in [-0.15, -0.1) is 0 Å². The normalized spacial score (nSPS) is 10.3. The van der Waals surface area contributed by atoms with Crippen LogP contribution in [0.2, 0.25) is 0 Å². The molecule has 0 saturated carbocycles. The second-order valence-electron chi connectivity index (χ2n) is 4.09. The fourth-order valence-electron chi connectivity index (χ4n) is 1.56. The Labute approximate surface area is 111 Å². The number of rotatable bonds is 4. The van der Waals surface area contributed by atoms with Gasteiger partial charge in [0.15, 0.2) is 0 Å². The lowest BCUT2D eigenvalue weighted by Gasteiger charge is -2.04. The molecular formula is C13H16N4O2. The number of nitrogens with one attached hydrogen (secondary N) is 2. The molecule has 0 aliphatic carbocycles. The van der Waals surface area contributed by atoms with Crippen molar-refractivity contribution >= 4 is 11.7 Å². The van der Waals surface area contributed by atoms with E-state index in [0.717, 1.165) is 11.5 Å². The fourth-order valence-corrected chi connectivity index (χ4v) is 1.56. The first-order chi connectivity index (χ1) is 9.10. The minimum absolute atomic E-state index is 0.249. The van der Waals surface area contributed by atoms with E-state index in [1.54, 1.807) is 25.2 Å². The molecule has 0 spiro atoms. The third-order valence-corrected chi connectivity index (χ3v) is 2.71. The van der Waals surface area contributed by atoms with Crippen LogP contribution in [0.25, 0.3) is 0 Å². The van der Waals surface area contributed by atoms with Crippen molar-refractivity contribution in [3.8, 4) is 0 Å². The number of pyridine rings is 1. The average Bonchev–Trinajstić information content (AvgIpc) is 2.75. The fraction of sp³-hybridized carbons (Fsp3) is 0.308. The highest BCUT2D eigenvalue weighted by molar-refractivity contribution is 5.92. The number of hydrogen-bond acceptors (Lipinski definition) is 5. The van der Waals surface area contributed by atoms with Gasteiger partial charge in [0.2, 0.25) is 5.89 Å². The summed E-state index contributed by atoms with van der Waals surface area (Å²) in [5.74, 6) is 1.65. The molecule has 0 bridgehead atoms. The number of amides is 1. The maximum Gasteiger partial charge on any atom is 0.270 e. The van der Waals surface area contributed by atoms with Crippen LogP contribution in [-0.2, 0) is 6.54 Å². The summed E-state index contributed by atoms with van der Waals surface area (Å²) in [5, 5.41) is 5.61. The summed E-state index contributed by atoms with van der Waals surface area (Å²) in [4.78, 5) is 20.3. The van der Waals surface area contributed by atoms with Crippen molar-refractivity contribution in [2.24, 2.45) is 0 Å². The highest BCUT2D eigenvalue weighted by atomic mass is 16.4. The van der Waals surface area contributed by atoms with Crippen molar-refractivity contribution in [1.82, 2.24) is 15.3 Å². The van der Waals surface area contributed by atoms with Crippen LogP contribution in [0.3, 0.4) is 0 Å². The molecule has 0 saturated heterocycles. The number of hydrogen-bond donors (Lipinski definition) is 2. The zero-order chi connectivity index (χ0) is 13.8. The number of oxazole rings is 1. The van der Waals surface area contributed by atoms with E-state index in [2.05, 4.69) is 20.6 Å². The van der Waals surface area contributed by atoms with Crippen LogP contribution in [0.1, 0.15) is 27.8 Å². The monoisotopic (exact) mass is 260 g/mol. The smallest absolute Gasteiger partial charge is 0.270 e. The molecular weight excluding hydrogens is 244 g/mol. The molecule has 6 nitrogen and oxygen atoms in total. The van der Waals surface area contributed by atoms with Crippen molar-refractivity contribution in [2.75, 3.05) is 12.4 Å². The molecule has 0 aliphatic rings. The third kappa shape index (κ3) is 3.09. The number of aromatic nitrogens is 2. The molecule has 0 fully saturated rings. The summed E-state index contributed by atoms with van der Waals surface area (Å²) < 4.78 is 5.39. The summed E-state index contributed by atoms with van der Waals surface area (Å²) in [6.07, 6.45) is 0. The summed E-state index contributed by atoms with van der Waals surface area (Å²) >= 11 is 0. The Morgan fingerprint density at radius 1 is 1.32 bits per heavy atom. The summed E-state index contributed by atoms with van der Waals surface area (Å²) in [5.41, 5.74) is 1.19. The van der Waals surface area contributed by atoms with E-state index in [0.29, 0.717) is 17.4 Å². The van der Waals surface area contributed by atoms with Gasteiger partial charge in [0.1, 0.15) is 17.3 Å². The van der Waals surface area contributed by atoms with Crippen molar-refractivity contribution in [1.29, 1.82) is 0 Å². The Kier molecular flexibility index (Phi) is 3.79. The van der Waals surface area contributed by atoms with Crippen LogP contribution in [0.5, 0.6) is 0 Å². The maximum absolute atomic E-state index is 11.9. The van der Waals surface area contributed by atoms with Crippen LogP contribution >= 0.6 is 0 Å². The lowest BCUT2D eigenvalue weighted by molar-refractivity contribution is 0.0942. The molecule has 2 N–H and O–H groups in total. The highest BCUT2D eigenvalue weighted by Gasteiger charge is 2.10. The SMILES string of the molecule is CNc1cccc(C(=O)NCc2nc(C)c(C)o2)n1. The third-order valence-electron chi connectivity index (χ3n) is 2.71. The summed E-state index contributed by atoms with van der Waals surface area (Å²) in [6.45, 7) is 3.95. The Morgan fingerprint density at radius 3 is 2.74 bits per heavy atom. The lowest BCUT2D eigenvalue weighted by Crippen LogP contribution is -2.24. The number of aryl methyl sites for hydroxylation is 2.